The third-order valence-corrected chi connectivity index (χ3v) is 5.22. The summed E-state index contributed by atoms with van der Waals surface area (Å²) in [5.41, 5.74) is 5.00. The van der Waals surface area contributed by atoms with Crippen molar-refractivity contribution in [1.82, 2.24) is 4.90 Å². The molecule has 0 N–H and O–H groups in total. The van der Waals surface area contributed by atoms with Crippen LogP contribution in [0.15, 0.2) is 18.2 Å². The maximum atomic E-state index is 2.75. The second-order valence-corrected chi connectivity index (χ2v) is 7.71. The Bertz CT molecular complexity index is 463. The van der Waals surface area contributed by atoms with E-state index in [9.17, 15) is 0 Å². The van der Waals surface area contributed by atoms with Crippen LogP contribution in [0, 0.1) is 0 Å². The lowest BCUT2D eigenvalue weighted by Gasteiger charge is -2.26. The maximum Gasteiger partial charge on any atom is 0.0102 e. The molecule has 1 aliphatic carbocycles. The summed E-state index contributed by atoms with van der Waals surface area (Å²) in [5, 5.41) is 0. The topological polar surface area (TPSA) is 3.24 Å². The Morgan fingerprint density at radius 2 is 1.60 bits per heavy atom. The second-order valence-electron chi connectivity index (χ2n) is 7.71. The SMILES string of the molecule is CC(C)(C)c1ccc2c(c1)CC[C@H](N1CCCC1)CC2. The van der Waals surface area contributed by atoms with E-state index in [2.05, 4.69) is 43.9 Å². The van der Waals surface area contributed by atoms with Crippen LogP contribution < -0.4 is 0 Å². The van der Waals surface area contributed by atoms with Crippen molar-refractivity contribution >= 4 is 0 Å². The van der Waals surface area contributed by atoms with Gasteiger partial charge in [0.25, 0.3) is 0 Å². The molecule has 1 aromatic carbocycles. The lowest BCUT2D eigenvalue weighted by atomic mass is 9.84. The van der Waals surface area contributed by atoms with E-state index in [1.54, 1.807) is 11.1 Å². The summed E-state index contributed by atoms with van der Waals surface area (Å²) in [6, 6.07) is 8.09. The fourth-order valence-corrected chi connectivity index (χ4v) is 3.83. The van der Waals surface area contributed by atoms with E-state index in [1.807, 2.05) is 0 Å². The molecule has 0 spiro atoms. The average molecular weight is 271 g/mol. The van der Waals surface area contributed by atoms with Gasteiger partial charge in [0.15, 0.2) is 0 Å². The van der Waals surface area contributed by atoms with Gasteiger partial charge in [0.1, 0.15) is 0 Å². The number of rotatable bonds is 1. The van der Waals surface area contributed by atoms with Crippen molar-refractivity contribution in [3.8, 4) is 0 Å². The Hall–Kier alpha value is -0.820. The van der Waals surface area contributed by atoms with Crippen molar-refractivity contribution in [2.45, 2.75) is 70.8 Å². The van der Waals surface area contributed by atoms with Gasteiger partial charge in [-0.15, -0.1) is 0 Å². The Balaban J connectivity index is 1.76. The number of hydrogen-bond donors (Lipinski definition) is 0. The number of benzene rings is 1. The maximum absolute atomic E-state index is 2.75. The van der Waals surface area contributed by atoms with Gasteiger partial charge in [-0.05, 0) is 73.7 Å². The van der Waals surface area contributed by atoms with Gasteiger partial charge in [0.05, 0.1) is 0 Å². The van der Waals surface area contributed by atoms with Crippen molar-refractivity contribution in [2.24, 2.45) is 0 Å². The normalized spacial score (nSPS) is 24.4. The van der Waals surface area contributed by atoms with E-state index >= 15 is 0 Å². The lowest BCUT2D eigenvalue weighted by Crippen LogP contribution is -2.32. The van der Waals surface area contributed by atoms with Gasteiger partial charge in [-0.2, -0.15) is 0 Å². The minimum atomic E-state index is 0.274. The highest BCUT2D eigenvalue weighted by Gasteiger charge is 2.25. The van der Waals surface area contributed by atoms with Gasteiger partial charge in [-0.3, -0.25) is 0 Å². The van der Waals surface area contributed by atoms with Crippen LogP contribution in [0.5, 0.6) is 0 Å². The van der Waals surface area contributed by atoms with Crippen LogP contribution in [0.1, 0.15) is 63.1 Å². The van der Waals surface area contributed by atoms with Gasteiger partial charge in [-0.25, -0.2) is 0 Å². The molecule has 0 unspecified atom stereocenters. The fraction of sp³-hybridized carbons (Fsp3) is 0.684. The first-order valence-corrected chi connectivity index (χ1v) is 8.40. The number of nitrogens with zero attached hydrogens (tertiary/aromatic N) is 1. The zero-order chi connectivity index (χ0) is 14.2. The van der Waals surface area contributed by atoms with E-state index in [-0.39, 0.29) is 5.41 Å². The summed E-state index contributed by atoms with van der Waals surface area (Å²) in [7, 11) is 0. The third kappa shape index (κ3) is 2.93. The molecule has 1 heteroatoms. The standard InChI is InChI=1S/C19H29N/c1-19(2,3)17-9-6-15-7-10-18(11-8-16(15)14-17)20-12-4-5-13-20/h6,9,14,18H,4-5,7-8,10-13H2,1-3H3/t18-/m1/s1. The largest absolute Gasteiger partial charge is 0.300 e. The first-order chi connectivity index (χ1) is 9.54. The Morgan fingerprint density at radius 3 is 2.25 bits per heavy atom. The van der Waals surface area contributed by atoms with Gasteiger partial charge in [0, 0.05) is 6.04 Å². The summed E-state index contributed by atoms with van der Waals surface area (Å²) < 4.78 is 0. The molecule has 0 aromatic heterocycles. The van der Waals surface area contributed by atoms with E-state index in [0.717, 1.165) is 6.04 Å². The van der Waals surface area contributed by atoms with Gasteiger partial charge < -0.3 is 4.90 Å². The zero-order valence-electron chi connectivity index (χ0n) is 13.4. The first-order valence-electron chi connectivity index (χ1n) is 8.40. The predicted octanol–water partition coefficient (Wildman–Crippen LogP) is 4.33. The number of fused-ring (bicyclic) bond motifs is 1. The highest BCUT2D eigenvalue weighted by molar-refractivity contribution is 5.36. The van der Waals surface area contributed by atoms with Crippen LogP contribution in [0.3, 0.4) is 0 Å². The molecule has 1 nitrogen and oxygen atoms in total. The van der Waals surface area contributed by atoms with Crippen molar-refractivity contribution in [2.75, 3.05) is 13.1 Å². The summed E-state index contributed by atoms with van der Waals surface area (Å²) in [5.74, 6) is 0. The Labute approximate surface area is 124 Å². The van der Waals surface area contributed by atoms with E-state index in [1.165, 1.54) is 57.2 Å². The molecule has 1 aliphatic heterocycles. The van der Waals surface area contributed by atoms with Crippen LogP contribution >= 0.6 is 0 Å². The number of aryl methyl sites for hydroxylation is 2. The minimum Gasteiger partial charge on any atom is -0.300 e. The molecule has 3 rings (SSSR count). The van der Waals surface area contributed by atoms with Gasteiger partial charge >= 0.3 is 0 Å². The summed E-state index contributed by atoms with van der Waals surface area (Å²) in [4.78, 5) is 2.75. The molecule has 1 fully saturated rings. The van der Waals surface area contributed by atoms with Crippen molar-refractivity contribution < 1.29 is 0 Å². The van der Waals surface area contributed by atoms with Crippen LogP contribution in [-0.2, 0) is 18.3 Å². The molecule has 0 saturated carbocycles. The quantitative estimate of drug-likeness (QED) is 0.687. The highest BCUT2D eigenvalue weighted by atomic mass is 15.2. The lowest BCUT2D eigenvalue weighted by molar-refractivity contribution is 0.222. The van der Waals surface area contributed by atoms with Gasteiger partial charge in [-0.1, -0.05) is 39.0 Å². The molecule has 1 aromatic rings. The summed E-state index contributed by atoms with van der Waals surface area (Å²) >= 11 is 0. The fourth-order valence-electron chi connectivity index (χ4n) is 3.83. The molecule has 0 amide bonds. The van der Waals surface area contributed by atoms with E-state index in [0.29, 0.717) is 0 Å². The number of hydrogen-bond acceptors (Lipinski definition) is 1. The smallest absolute Gasteiger partial charge is 0.0102 e. The Morgan fingerprint density at radius 1 is 0.950 bits per heavy atom. The van der Waals surface area contributed by atoms with E-state index in [4.69, 9.17) is 0 Å². The summed E-state index contributed by atoms with van der Waals surface area (Å²) in [6.45, 7) is 9.64. The van der Waals surface area contributed by atoms with Crippen molar-refractivity contribution in [3.05, 3.63) is 34.9 Å². The molecule has 0 radical (unpaired) electrons. The minimum absolute atomic E-state index is 0.274. The molecule has 0 bridgehead atoms. The van der Waals surface area contributed by atoms with E-state index < -0.39 is 0 Å². The van der Waals surface area contributed by atoms with Crippen LogP contribution in [0.25, 0.3) is 0 Å². The van der Waals surface area contributed by atoms with Crippen LogP contribution in [0.2, 0.25) is 0 Å². The van der Waals surface area contributed by atoms with Crippen molar-refractivity contribution in [3.63, 3.8) is 0 Å². The molecule has 2 aliphatic rings. The molecular formula is C19H29N. The molecule has 110 valence electrons. The third-order valence-electron chi connectivity index (χ3n) is 5.22. The molecular weight excluding hydrogens is 242 g/mol. The second kappa shape index (κ2) is 5.52. The first kappa shape index (κ1) is 14.1. The van der Waals surface area contributed by atoms with Crippen molar-refractivity contribution in [1.29, 1.82) is 0 Å². The highest BCUT2D eigenvalue weighted by Crippen LogP contribution is 2.30. The summed E-state index contributed by atoms with van der Waals surface area (Å²) in [6.07, 6.45) is 8.11. The zero-order valence-corrected chi connectivity index (χ0v) is 13.4. The molecule has 1 heterocycles. The average Bonchev–Trinajstić information content (AvgIpc) is 2.84. The van der Waals surface area contributed by atoms with Crippen LogP contribution in [-0.4, -0.2) is 24.0 Å². The molecule has 1 atom stereocenters. The number of likely N-dealkylation sites (tertiary alicyclic amines) is 1. The molecule has 1 saturated heterocycles. The van der Waals surface area contributed by atoms with Crippen LogP contribution in [0.4, 0.5) is 0 Å². The molecule has 20 heavy (non-hydrogen) atoms. The predicted molar refractivity (Wildman–Crippen MR) is 86.4 cm³/mol. The Kier molecular flexibility index (Phi) is 3.90. The van der Waals surface area contributed by atoms with Gasteiger partial charge in [0.2, 0.25) is 0 Å². The monoisotopic (exact) mass is 271 g/mol.